The van der Waals surface area contributed by atoms with E-state index in [1.807, 2.05) is 55.6 Å². The van der Waals surface area contributed by atoms with Gasteiger partial charge in [0, 0.05) is 48.2 Å². The Morgan fingerprint density at radius 2 is 1.91 bits per heavy atom. The van der Waals surface area contributed by atoms with Gasteiger partial charge in [0.1, 0.15) is 12.1 Å². The lowest BCUT2D eigenvalue weighted by Crippen LogP contribution is -2.13. The molecule has 0 unspecified atom stereocenters. The van der Waals surface area contributed by atoms with Crippen molar-refractivity contribution in [3.05, 3.63) is 78.4 Å². The number of ether oxygens (including phenoxy) is 1. The first kappa shape index (κ1) is 32.9. The molecule has 2 heterocycles. The molecular weight excluding hydrogens is 564 g/mol. The van der Waals surface area contributed by atoms with Crippen molar-refractivity contribution in [3.8, 4) is 23.1 Å². The largest absolute Gasteiger partial charge is 0.381 e. The molecule has 1 aliphatic carbocycles. The Bertz CT molecular complexity index is 1700. The number of anilines is 3. The predicted octanol–water partition coefficient (Wildman–Crippen LogP) is 6.78. The number of H-pyrrole nitrogens is 1. The van der Waals surface area contributed by atoms with Crippen molar-refractivity contribution in [3.63, 3.8) is 0 Å². The van der Waals surface area contributed by atoms with E-state index in [0.29, 0.717) is 24.2 Å². The summed E-state index contributed by atoms with van der Waals surface area (Å²) in [6, 6.07) is 15.7. The first-order chi connectivity index (χ1) is 21.9. The van der Waals surface area contributed by atoms with Crippen LogP contribution in [-0.4, -0.2) is 44.3 Å². The van der Waals surface area contributed by atoms with E-state index >= 15 is 0 Å². The number of benzene rings is 2. The number of rotatable bonds is 7. The number of hydrogen-bond acceptors (Lipinski definition) is 8. The Hall–Kier alpha value is -5.01. The minimum absolute atomic E-state index is 0.110. The van der Waals surface area contributed by atoms with Crippen molar-refractivity contribution in [2.24, 2.45) is 0 Å². The van der Waals surface area contributed by atoms with Gasteiger partial charge in [0.25, 0.3) is 5.91 Å². The molecule has 0 saturated heterocycles. The number of nitrogen functional groups attached to an aromatic ring is 1. The van der Waals surface area contributed by atoms with Crippen LogP contribution in [0, 0.1) is 11.8 Å². The second-order valence-corrected chi connectivity index (χ2v) is 11.0. The van der Waals surface area contributed by atoms with Crippen molar-refractivity contribution in [2.75, 3.05) is 23.5 Å². The maximum atomic E-state index is 11.9. The van der Waals surface area contributed by atoms with Gasteiger partial charge in [-0.25, -0.2) is 0 Å². The lowest BCUT2D eigenvalue weighted by molar-refractivity contribution is -0.111. The fourth-order valence-corrected chi connectivity index (χ4v) is 5.22. The zero-order valence-corrected chi connectivity index (χ0v) is 26.4. The second kappa shape index (κ2) is 16.7. The number of amides is 1. The highest BCUT2D eigenvalue weighted by Gasteiger charge is 2.13. The number of carbonyl (C=O) groups excluding carboxylic acids is 1. The summed E-state index contributed by atoms with van der Waals surface area (Å²) in [4.78, 5) is 25.1. The van der Waals surface area contributed by atoms with Crippen LogP contribution in [0.5, 0.6) is 0 Å². The summed E-state index contributed by atoms with van der Waals surface area (Å²) in [5.41, 5.74) is 10.4. The van der Waals surface area contributed by atoms with E-state index in [1.54, 1.807) is 19.3 Å². The average Bonchev–Trinajstić information content (AvgIpc) is 3.14. The molecule has 2 aromatic carbocycles. The number of nitrogens with two attached hydrogens (primary N) is 1. The van der Waals surface area contributed by atoms with E-state index in [9.17, 15) is 4.79 Å². The third-order valence-electron chi connectivity index (χ3n) is 7.53. The van der Waals surface area contributed by atoms with Gasteiger partial charge in [0.15, 0.2) is 0 Å². The number of nitrogens with one attached hydrogen (secondary N) is 3. The van der Waals surface area contributed by atoms with Gasteiger partial charge in [0.05, 0.1) is 11.8 Å². The highest BCUT2D eigenvalue weighted by atomic mass is 16.5. The SMILES string of the molecule is CC#CC(=O)Nc1ccc2c(-c3ccccc3CNc3nc(N)ncn[nH]cc3C(C)C)nccc2c1.COC1CCCCC1. The molecular formula is C35H42N8O2. The highest BCUT2D eigenvalue weighted by Crippen LogP contribution is 2.31. The van der Waals surface area contributed by atoms with Crippen LogP contribution < -0.4 is 16.4 Å². The fraction of sp³-hybridized carbons (Fsp3) is 0.343. The van der Waals surface area contributed by atoms with Gasteiger partial charge in [-0.2, -0.15) is 15.1 Å². The highest BCUT2D eigenvalue weighted by molar-refractivity contribution is 6.05. The molecule has 0 atom stereocenters. The minimum atomic E-state index is -0.345. The second-order valence-electron chi connectivity index (χ2n) is 11.0. The molecule has 10 heteroatoms. The maximum absolute atomic E-state index is 11.9. The van der Waals surface area contributed by atoms with Crippen molar-refractivity contribution in [1.29, 1.82) is 0 Å². The summed E-state index contributed by atoms with van der Waals surface area (Å²) in [7, 11) is 1.82. The van der Waals surface area contributed by atoms with E-state index in [1.165, 1.54) is 38.4 Å². The monoisotopic (exact) mass is 606 g/mol. The van der Waals surface area contributed by atoms with Crippen molar-refractivity contribution < 1.29 is 9.53 Å². The van der Waals surface area contributed by atoms with Gasteiger partial charge in [-0.15, -0.1) is 0 Å². The maximum Gasteiger partial charge on any atom is 0.300 e. The van der Waals surface area contributed by atoms with Gasteiger partial charge in [-0.05, 0) is 60.8 Å². The van der Waals surface area contributed by atoms with E-state index in [0.717, 1.165) is 33.2 Å². The molecule has 5 N–H and O–H groups in total. The molecule has 4 aromatic rings. The Balaban J connectivity index is 0.000000501. The number of hydrogen-bond donors (Lipinski definition) is 4. The molecule has 1 aliphatic rings. The Morgan fingerprint density at radius 3 is 2.64 bits per heavy atom. The van der Waals surface area contributed by atoms with Crippen LogP contribution >= 0.6 is 0 Å². The fourth-order valence-electron chi connectivity index (χ4n) is 5.22. The van der Waals surface area contributed by atoms with Crippen LogP contribution in [0.4, 0.5) is 17.5 Å². The minimum Gasteiger partial charge on any atom is -0.381 e. The van der Waals surface area contributed by atoms with Crippen LogP contribution in [-0.2, 0) is 16.1 Å². The summed E-state index contributed by atoms with van der Waals surface area (Å²) in [5.74, 6) is 5.64. The van der Waals surface area contributed by atoms with Crippen molar-refractivity contribution in [2.45, 2.75) is 71.4 Å². The quantitative estimate of drug-likeness (QED) is 0.169. The molecule has 1 saturated carbocycles. The van der Waals surface area contributed by atoms with Gasteiger partial charge < -0.3 is 21.1 Å². The molecule has 45 heavy (non-hydrogen) atoms. The topological polar surface area (TPSA) is 144 Å². The third-order valence-corrected chi connectivity index (χ3v) is 7.53. The van der Waals surface area contributed by atoms with E-state index in [2.05, 4.69) is 56.5 Å². The first-order valence-electron chi connectivity index (χ1n) is 15.3. The summed E-state index contributed by atoms with van der Waals surface area (Å²) in [6.07, 6.45) is 12.2. The number of aromatic amines is 1. The number of carbonyl (C=O) groups is 1. The molecule has 0 spiro atoms. The smallest absolute Gasteiger partial charge is 0.300 e. The zero-order valence-electron chi connectivity index (χ0n) is 26.4. The average molecular weight is 607 g/mol. The molecule has 2 aromatic heterocycles. The van der Waals surface area contributed by atoms with Crippen LogP contribution in [0.1, 0.15) is 69.9 Å². The molecule has 10 nitrogen and oxygen atoms in total. The van der Waals surface area contributed by atoms with Crippen LogP contribution in [0.3, 0.4) is 0 Å². The molecule has 0 aliphatic heterocycles. The zero-order chi connectivity index (χ0) is 32.0. The first-order valence-corrected chi connectivity index (χ1v) is 15.3. The van der Waals surface area contributed by atoms with Crippen LogP contribution in [0.15, 0.2) is 67.3 Å². The lowest BCUT2D eigenvalue weighted by atomic mass is 9.98. The van der Waals surface area contributed by atoms with E-state index in [-0.39, 0.29) is 17.8 Å². The number of aromatic nitrogens is 5. The van der Waals surface area contributed by atoms with Crippen LogP contribution in [0.2, 0.25) is 0 Å². The normalized spacial score (nSPS) is 12.7. The molecule has 0 radical (unpaired) electrons. The molecule has 1 fully saturated rings. The summed E-state index contributed by atoms with van der Waals surface area (Å²) >= 11 is 0. The third kappa shape index (κ3) is 9.49. The Morgan fingerprint density at radius 1 is 1.11 bits per heavy atom. The lowest BCUT2D eigenvalue weighted by Gasteiger charge is -2.19. The standard InChI is InChI=1S/C28H28N8O.C7H14O/c1-4-7-25(37)35-21-10-11-23-19(14-21)12-13-30-26(23)22-9-6-5-8-20(22)15-31-27-24(18(2)3)16-33-34-17-32-28(29)36-27;1-8-7-5-3-2-4-6-7/h5-6,8-14,16-18,33H,15H2,1-3H3,(H,35,37)(H3,29,31,32,34,36);7H,2-6H2,1H3. The molecule has 234 valence electrons. The predicted molar refractivity (Wildman–Crippen MR) is 181 cm³/mol. The Kier molecular flexibility index (Phi) is 12.2. The number of fused-ring (bicyclic) bond motifs is 1. The molecule has 0 bridgehead atoms. The van der Waals surface area contributed by atoms with Gasteiger partial charge >= 0.3 is 0 Å². The Labute approximate surface area is 265 Å². The van der Waals surface area contributed by atoms with Gasteiger partial charge in [-0.3, -0.25) is 14.9 Å². The van der Waals surface area contributed by atoms with Crippen molar-refractivity contribution in [1.82, 2.24) is 25.1 Å². The van der Waals surface area contributed by atoms with Crippen LogP contribution in [0.25, 0.3) is 22.0 Å². The van der Waals surface area contributed by atoms with E-state index in [4.69, 9.17) is 15.5 Å². The summed E-state index contributed by atoms with van der Waals surface area (Å²) in [5, 5.41) is 15.0. The van der Waals surface area contributed by atoms with Gasteiger partial charge in [0.2, 0.25) is 5.95 Å². The van der Waals surface area contributed by atoms with Crippen molar-refractivity contribution >= 4 is 34.1 Å². The summed E-state index contributed by atoms with van der Waals surface area (Å²) in [6.45, 7) is 6.25. The number of pyridine rings is 1. The molecule has 5 rings (SSSR count). The molecule has 1 amide bonds. The summed E-state index contributed by atoms with van der Waals surface area (Å²) < 4.78 is 5.19. The number of methoxy groups -OCH3 is 1. The number of nitrogens with zero attached hydrogens (tertiary/aromatic N) is 4. The van der Waals surface area contributed by atoms with E-state index < -0.39 is 0 Å². The van der Waals surface area contributed by atoms with Gasteiger partial charge in [-0.1, -0.05) is 69.4 Å².